The number of carbonyl (C=O) groups is 2. The number of nitrogens with zero attached hydrogens (tertiary/aromatic N) is 3. The molecule has 3 aromatic rings. The molecule has 0 bridgehead atoms. The Morgan fingerprint density at radius 1 is 1.00 bits per heavy atom. The molecule has 1 aromatic heterocycles. The van der Waals surface area contributed by atoms with Gasteiger partial charge in [-0.3, -0.25) is 9.48 Å². The summed E-state index contributed by atoms with van der Waals surface area (Å²) in [5, 5.41) is 7.56. The molecule has 6 rings (SSSR count). The van der Waals surface area contributed by atoms with E-state index in [4.69, 9.17) is 14.2 Å². The maximum Gasteiger partial charge on any atom is 0.407 e. The van der Waals surface area contributed by atoms with Gasteiger partial charge in [-0.05, 0) is 119 Å². The van der Waals surface area contributed by atoms with E-state index >= 15 is 0 Å². The second kappa shape index (κ2) is 14.9. The number of hydrogen-bond acceptors (Lipinski definition) is 6. The predicted octanol–water partition coefficient (Wildman–Crippen LogP) is 7.44. The molecule has 9 nitrogen and oxygen atoms in total. The predicted molar refractivity (Wildman–Crippen MR) is 183 cm³/mol. The minimum atomic E-state index is -0.382. The molecule has 9 heteroatoms. The number of carbonyl (C=O) groups excluding carboxylic acids is 2. The van der Waals surface area contributed by atoms with E-state index in [0.717, 1.165) is 80.5 Å². The van der Waals surface area contributed by atoms with Gasteiger partial charge < -0.3 is 24.4 Å². The first-order valence-corrected chi connectivity index (χ1v) is 17.4. The molecule has 1 saturated heterocycles. The Kier molecular flexibility index (Phi) is 10.5. The summed E-state index contributed by atoms with van der Waals surface area (Å²) in [5.41, 5.74) is 5.63. The second-order valence-electron chi connectivity index (χ2n) is 14.0. The highest BCUT2D eigenvalue weighted by Gasteiger charge is 2.34. The van der Waals surface area contributed by atoms with Crippen LogP contribution >= 0.6 is 0 Å². The normalized spacial score (nSPS) is 23.2. The summed E-state index contributed by atoms with van der Waals surface area (Å²) in [5.74, 6) is 2.02. The number of amides is 2. The maximum absolute atomic E-state index is 14.4. The van der Waals surface area contributed by atoms with Crippen LogP contribution in [0.15, 0.2) is 54.9 Å². The molecule has 2 aromatic carbocycles. The van der Waals surface area contributed by atoms with Crippen molar-refractivity contribution in [3.8, 4) is 16.9 Å². The van der Waals surface area contributed by atoms with Crippen molar-refractivity contribution in [2.75, 3.05) is 31.8 Å². The zero-order valence-electron chi connectivity index (χ0n) is 28.3. The number of aryl methyl sites for hydroxylation is 1. The van der Waals surface area contributed by atoms with Crippen LogP contribution in [0, 0.1) is 18.8 Å². The summed E-state index contributed by atoms with van der Waals surface area (Å²) in [6.07, 6.45) is 10.9. The minimum absolute atomic E-state index is 0.0266. The van der Waals surface area contributed by atoms with Crippen molar-refractivity contribution in [1.82, 2.24) is 15.1 Å². The second-order valence-corrected chi connectivity index (χ2v) is 14.0. The SMILES string of the molecule is COc1ccc([C@H]2CC[C@H](CN(c3cccc(-c4cnn(C(C)C)c4)c3)C(=O)[C@H]3CC[C@H](NC(=O)OC4COC4)CC3)CC2)cc1C. The molecule has 0 radical (unpaired) electrons. The molecule has 2 saturated carbocycles. The van der Waals surface area contributed by atoms with E-state index in [-0.39, 0.29) is 36.1 Å². The zero-order valence-corrected chi connectivity index (χ0v) is 28.3. The third kappa shape index (κ3) is 8.00. The number of benzene rings is 2. The number of aromatic nitrogens is 2. The molecule has 2 aliphatic carbocycles. The summed E-state index contributed by atoms with van der Waals surface area (Å²) in [4.78, 5) is 28.8. The first-order chi connectivity index (χ1) is 22.8. The van der Waals surface area contributed by atoms with Gasteiger partial charge in [0, 0.05) is 42.0 Å². The van der Waals surface area contributed by atoms with E-state index in [1.165, 1.54) is 11.1 Å². The summed E-state index contributed by atoms with van der Waals surface area (Å²) in [6, 6.07) is 15.3. The fourth-order valence-electron chi connectivity index (χ4n) is 7.38. The van der Waals surface area contributed by atoms with Gasteiger partial charge in [-0.15, -0.1) is 0 Å². The van der Waals surface area contributed by atoms with Crippen LogP contribution in [0.3, 0.4) is 0 Å². The largest absolute Gasteiger partial charge is 0.496 e. The van der Waals surface area contributed by atoms with Gasteiger partial charge in [0.1, 0.15) is 5.75 Å². The first kappa shape index (κ1) is 33.1. The van der Waals surface area contributed by atoms with Gasteiger partial charge in [-0.1, -0.05) is 24.3 Å². The number of methoxy groups -OCH3 is 1. The molecular weight excluding hydrogens is 592 g/mol. The molecule has 3 fully saturated rings. The van der Waals surface area contributed by atoms with E-state index in [9.17, 15) is 9.59 Å². The summed E-state index contributed by atoms with van der Waals surface area (Å²) in [6.45, 7) is 8.00. The van der Waals surface area contributed by atoms with Crippen LogP contribution in [0.5, 0.6) is 5.75 Å². The molecule has 2 amide bonds. The minimum Gasteiger partial charge on any atom is -0.496 e. The Morgan fingerprint density at radius 3 is 2.40 bits per heavy atom. The zero-order chi connectivity index (χ0) is 32.9. The van der Waals surface area contributed by atoms with Crippen LogP contribution in [0.1, 0.15) is 88.3 Å². The van der Waals surface area contributed by atoms with Gasteiger partial charge >= 0.3 is 6.09 Å². The fraction of sp³-hybridized carbons (Fsp3) is 0.553. The summed E-state index contributed by atoms with van der Waals surface area (Å²) in [7, 11) is 1.72. The Balaban J connectivity index is 1.14. The molecule has 2 heterocycles. The molecule has 0 unspecified atom stereocenters. The lowest BCUT2D eigenvalue weighted by molar-refractivity contribution is -0.123. The standard InChI is InChI=1S/C38H50N4O5/c1-25(2)42-22-32(20-39-42)30-6-5-7-34(19-30)41(21-27-8-10-28(11-9-27)31-14-17-36(45-4)26(3)18-31)37(43)29-12-15-33(16-13-29)40-38(44)47-35-23-46-24-35/h5-7,14,17-20,22,25,27-29,33,35H,8-13,15-16,21,23-24H2,1-4H3,(H,40,44)/t27-,28-,29-,33-. The Morgan fingerprint density at radius 2 is 1.77 bits per heavy atom. The Bertz CT molecular complexity index is 1520. The number of alkyl carbamates (subject to hydrolysis) is 1. The van der Waals surface area contributed by atoms with Crippen molar-refractivity contribution in [2.45, 2.75) is 96.2 Å². The Hall–Kier alpha value is -3.85. The average Bonchev–Trinajstić information content (AvgIpc) is 3.57. The molecule has 3 aliphatic rings. The van der Waals surface area contributed by atoms with Gasteiger partial charge in [0.2, 0.25) is 5.91 Å². The number of rotatable bonds is 10. The van der Waals surface area contributed by atoms with E-state index in [1.54, 1.807) is 7.11 Å². The highest BCUT2D eigenvalue weighted by molar-refractivity contribution is 5.95. The molecule has 252 valence electrons. The number of hydrogen-bond donors (Lipinski definition) is 1. The monoisotopic (exact) mass is 642 g/mol. The highest BCUT2D eigenvalue weighted by atomic mass is 16.6. The van der Waals surface area contributed by atoms with Crippen LogP contribution in [0.4, 0.5) is 10.5 Å². The fourth-order valence-corrected chi connectivity index (χ4v) is 7.38. The lowest BCUT2D eigenvalue weighted by Gasteiger charge is -2.36. The van der Waals surface area contributed by atoms with E-state index in [1.807, 2.05) is 10.9 Å². The number of nitrogens with one attached hydrogen (secondary N) is 1. The van der Waals surface area contributed by atoms with Gasteiger partial charge in [0.05, 0.1) is 26.5 Å². The summed E-state index contributed by atoms with van der Waals surface area (Å²) < 4.78 is 18.0. The average molecular weight is 643 g/mol. The smallest absolute Gasteiger partial charge is 0.407 e. The number of ether oxygens (including phenoxy) is 3. The maximum atomic E-state index is 14.4. The first-order valence-electron chi connectivity index (χ1n) is 17.4. The summed E-state index contributed by atoms with van der Waals surface area (Å²) >= 11 is 0. The van der Waals surface area contributed by atoms with Gasteiger partial charge in [0.25, 0.3) is 0 Å². The van der Waals surface area contributed by atoms with E-state index in [2.05, 4.69) is 84.7 Å². The van der Waals surface area contributed by atoms with Crippen LogP contribution < -0.4 is 15.0 Å². The Labute approximate surface area is 279 Å². The quantitative estimate of drug-likeness (QED) is 0.247. The third-order valence-corrected chi connectivity index (χ3v) is 10.3. The number of anilines is 1. The molecular formula is C38H50N4O5. The molecule has 0 atom stereocenters. The van der Waals surface area contributed by atoms with Crippen molar-refractivity contribution >= 4 is 17.7 Å². The van der Waals surface area contributed by atoms with Crippen LogP contribution in [0.2, 0.25) is 0 Å². The molecule has 1 aliphatic heterocycles. The van der Waals surface area contributed by atoms with Gasteiger partial charge in [0.15, 0.2) is 6.10 Å². The van der Waals surface area contributed by atoms with Crippen LogP contribution in [-0.4, -0.2) is 60.8 Å². The van der Waals surface area contributed by atoms with Crippen molar-refractivity contribution in [3.05, 3.63) is 66.0 Å². The van der Waals surface area contributed by atoms with Gasteiger partial charge in [-0.2, -0.15) is 5.10 Å². The van der Waals surface area contributed by atoms with Crippen molar-refractivity contribution in [3.63, 3.8) is 0 Å². The lowest BCUT2D eigenvalue weighted by atomic mass is 9.78. The lowest BCUT2D eigenvalue weighted by Crippen LogP contribution is -2.46. The molecule has 1 N–H and O–H groups in total. The third-order valence-electron chi connectivity index (χ3n) is 10.3. The highest BCUT2D eigenvalue weighted by Crippen LogP contribution is 2.39. The van der Waals surface area contributed by atoms with E-state index < -0.39 is 0 Å². The van der Waals surface area contributed by atoms with Crippen LogP contribution in [-0.2, 0) is 14.3 Å². The van der Waals surface area contributed by atoms with Gasteiger partial charge in [-0.25, -0.2) is 4.79 Å². The van der Waals surface area contributed by atoms with Crippen molar-refractivity contribution < 1.29 is 23.8 Å². The van der Waals surface area contributed by atoms with Crippen LogP contribution in [0.25, 0.3) is 11.1 Å². The molecule has 0 spiro atoms. The topological polar surface area (TPSA) is 94.9 Å². The van der Waals surface area contributed by atoms with Crippen molar-refractivity contribution in [2.24, 2.45) is 11.8 Å². The van der Waals surface area contributed by atoms with E-state index in [0.29, 0.717) is 25.0 Å². The molecule has 47 heavy (non-hydrogen) atoms. The van der Waals surface area contributed by atoms with Crippen molar-refractivity contribution in [1.29, 1.82) is 0 Å².